The summed E-state index contributed by atoms with van der Waals surface area (Å²) >= 11 is 0. The fourth-order valence-corrected chi connectivity index (χ4v) is 2.99. The highest BCUT2D eigenvalue weighted by Crippen LogP contribution is 2.23. The van der Waals surface area contributed by atoms with E-state index in [-0.39, 0.29) is 6.04 Å². The van der Waals surface area contributed by atoms with Crippen LogP contribution in [0.3, 0.4) is 0 Å². The summed E-state index contributed by atoms with van der Waals surface area (Å²) in [6.07, 6.45) is 0. The van der Waals surface area contributed by atoms with Gasteiger partial charge in [0.2, 0.25) is 0 Å². The van der Waals surface area contributed by atoms with Gasteiger partial charge in [0, 0.05) is 28.6 Å². The van der Waals surface area contributed by atoms with Crippen LogP contribution in [0.4, 0.5) is 8.78 Å². The molecule has 25 heavy (non-hydrogen) atoms. The van der Waals surface area contributed by atoms with Gasteiger partial charge in [-0.15, -0.1) is 0 Å². The van der Waals surface area contributed by atoms with Gasteiger partial charge in [-0.3, -0.25) is 0 Å². The molecule has 1 atom stereocenters. The molecule has 0 spiro atoms. The summed E-state index contributed by atoms with van der Waals surface area (Å²) in [6.45, 7) is 6.22. The van der Waals surface area contributed by atoms with Crippen LogP contribution in [0.1, 0.15) is 35.2 Å². The van der Waals surface area contributed by atoms with Crippen molar-refractivity contribution < 1.29 is 18.5 Å². The van der Waals surface area contributed by atoms with Crippen LogP contribution in [0.25, 0.3) is 11.0 Å². The van der Waals surface area contributed by atoms with E-state index in [1.165, 1.54) is 18.2 Å². The molecular weight excluding hydrogens is 324 g/mol. The number of nitrogens with two attached hydrogens (primary N) is 1. The van der Waals surface area contributed by atoms with Crippen LogP contribution in [0.5, 0.6) is 0 Å². The number of hydrogen-bond donors (Lipinski definition) is 1. The van der Waals surface area contributed by atoms with Crippen molar-refractivity contribution in [3.63, 3.8) is 0 Å². The minimum Gasteiger partial charge on any atom is -0.422 e. The third kappa shape index (κ3) is 3.46. The normalized spacial score (nSPS) is 12.5. The topological polar surface area (TPSA) is 46.8 Å². The molecule has 0 bridgehead atoms. The number of aryl methyl sites for hydroxylation is 2. The van der Waals surface area contributed by atoms with E-state index < -0.39 is 17.3 Å². The van der Waals surface area contributed by atoms with Crippen molar-refractivity contribution in [2.75, 3.05) is 0 Å². The first-order chi connectivity index (χ1) is 11.9. The second kappa shape index (κ2) is 6.76. The molecule has 3 nitrogen and oxygen atoms in total. The minimum absolute atomic E-state index is 0.213. The smallest absolute Gasteiger partial charge is 0.336 e. The molecule has 3 rings (SSSR count). The number of rotatable bonds is 4. The maximum Gasteiger partial charge on any atom is 0.336 e. The van der Waals surface area contributed by atoms with Gasteiger partial charge >= 0.3 is 5.63 Å². The predicted octanol–water partition coefficient (Wildman–Crippen LogP) is 3.51. The summed E-state index contributed by atoms with van der Waals surface area (Å²) in [6, 6.07) is 8.78. The van der Waals surface area contributed by atoms with Crippen LogP contribution >= 0.6 is 0 Å². The number of fused-ring (bicyclic) bond motifs is 1. The molecule has 1 aromatic heterocycles. The third-order valence-corrected chi connectivity index (χ3v) is 4.66. The number of halogens is 2. The fraction of sp³-hybridized carbons (Fsp3) is 0.250. The van der Waals surface area contributed by atoms with E-state index in [1.807, 2.05) is 38.2 Å². The highest BCUT2D eigenvalue weighted by Gasteiger charge is 2.16. The molecule has 2 aromatic carbocycles. The zero-order chi connectivity index (χ0) is 18.1. The molecule has 0 fully saturated rings. The Hall–Kier alpha value is -2.53. The molecule has 130 valence electrons. The standard InChI is InChI=1S/C20H19F2NO2/c1-11-4-6-17-14(8-19(24)25-20(17)12(11)2)10-23-13(3)16-7-5-15(21)9-18(16)22/h4-9,13,23H,10H2,1-3H3/p+1/t13-/m0/s1. The minimum atomic E-state index is -0.592. The molecule has 3 aromatic rings. The average Bonchev–Trinajstić information content (AvgIpc) is 2.56. The van der Waals surface area contributed by atoms with Gasteiger partial charge in [-0.05, 0) is 44.0 Å². The lowest BCUT2D eigenvalue weighted by molar-refractivity contribution is -0.708. The van der Waals surface area contributed by atoms with Gasteiger partial charge in [-0.25, -0.2) is 13.6 Å². The maximum atomic E-state index is 13.9. The van der Waals surface area contributed by atoms with Gasteiger partial charge in [0.15, 0.2) is 0 Å². The first kappa shape index (κ1) is 17.3. The first-order valence-corrected chi connectivity index (χ1v) is 8.18. The SMILES string of the molecule is Cc1ccc2c(C[NH2+][C@@H](C)c3ccc(F)cc3F)cc(=O)oc2c1C. The quantitative estimate of drug-likeness (QED) is 0.736. The van der Waals surface area contributed by atoms with Gasteiger partial charge in [-0.1, -0.05) is 12.1 Å². The average molecular weight is 344 g/mol. The van der Waals surface area contributed by atoms with Gasteiger partial charge in [0.25, 0.3) is 0 Å². The van der Waals surface area contributed by atoms with Crippen molar-refractivity contribution >= 4 is 11.0 Å². The molecule has 1 heterocycles. The Morgan fingerprint density at radius 1 is 1.12 bits per heavy atom. The van der Waals surface area contributed by atoms with Gasteiger partial charge < -0.3 is 9.73 Å². The summed E-state index contributed by atoms with van der Waals surface area (Å²) in [5.41, 5.74) is 3.46. The first-order valence-electron chi connectivity index (χ1n) is 8.18. The Morgan fingerprint density at radius 2 is 1.88 bits per heavy atom. The zero-order valence-electron chi connectivity index (χ0n) is 14.4. The van der Waals surface area contributed by atoms with E-state index in [0.29, 0.717) is 17.7 Å². The van der Waals surface area contributed by atoms with Crippen molar-refractivity contribution in [2.45, 2.75) is 33.4 Å². The van der Waals surface area contributed by atoms with Gasteiger partial charge in [0.05, 0.1) is 0 Å². The summed E-state index contributed by atoms with van der Waals surface area (Å²) in [7, 11) is 0. The zero-order valence-corrected chi connectivity index (χ0v) is 14.4. The van der Waals surface area contributed by atoms with E-state index in [4.69, 9.17) is 4.42 Å². The molecule has 0 unspecified atom stereocenters. The predicted molar refractivity (Wildman–Crippen MR) is 92.4 cm³/mol. The lowest BCUT2D eigenvalue weighted by atomic mass is 10.0. The van der Waals surface area contributed by atoms with Crippen LogP contribution in [-0.2, 0) is 6.54 Å². The lowest BCUT2D eigenvalue weighted by Gasteiger charge is -2.13. The highest BCUT2D eigenvalue weighted by atomic mass is 19.1. The van der Waals surface area contributed by atoms with E-state index in [9.17, 15) is 13.6 Å². The molecule has 0 amide bonds. The third-order valence-electron chi connectivity index (χ3n) is 4.66. The molecule has 2 N–H and O–H groups in total. The maximum absolute atomic E-state index is 13.9. The molecule has 0 aliphatic heterocycles. The molecule has 0 radical (unpaired) electrons. The molecule has 0 saturated heterocycles. The van der Waals surface area contributed by atoms with E-state index >= 15 is 0 Å². The van der Waals surface area contributed by atoms with Crippen LogP contribution in [0.15, 0.2) is 45.6 Å². The number of hydrogen-bond acceptors (Lipinski definition) is 2. The van der Waals surface area contributed by atoms with E-state index in [1.54, 1.807) is 0 Å². The monoisotopic (exact) mass is 344 g/mol. The Bertz CT molecular complexity index is 995. The molecule has 0 saturated carbocycles. The molecule has 0 aliphatic carbocycles. The Kier molecular flexibility index (Phi) is 4.68. The second-order valence-electron chi connectivity index (χ2n) is 6.37. The van der Waals surface area contributed by atoms with Crippen LogP contribution < -0.4 is 10.9 Å². The highest BCUT2D eigenvalue weighted by molar-refractivity contribution is 5.83. The Labute approximate surface area is 144 Å². The summed E-state index contributed by atoms with van der Waals surface area (Å²) in [4.78, 5) is 11.9. The molecule has 5 heteroatoms. The Morgan fingerprint density at radius 3 is 2.60 bits per heavy atom. The number of quaternary nitrogens is 1. The fourth-order valence-electron chi connectivity index (χ4n) is 2.99. The number of benzene rings is 2. The van der Waals surface area contributed by atoms with Crippen molar-refractivity contribution in [2.24, 2.45) is 0 Å². The van der Waals surface area contributed by atoms with Gasteiger partial charge in [0.1, 0.15) is 29.8 Å². The van der Waals surface area contributed by atoms with Crippen molar-refractivity contribution in [3.8, 4) is 0 Å². The molecular formula is C20H20F2NO2+. The van der Waals surface area contributed by atoms with Crippen molar-refractivity contribution in [1.82, 2.24) is 0 Å². The van der Waals surface area contributed by atoms with Crippen molar-refractivity contribution in [3.05, 3.63) is 80.7 Å². The Balaban J connectivity index is 1.90. The van der Waals surface area contributed by atoms with Crippen LogP contribution in [-0.4, -0.2) is 0 Å². The summed E-state index contributed by atoms with van der Waals surface area (Å²) < 4.78 is 32.3. The van der Waals surface area contributed by atoms with Crippen LogP contribution in [0, 0.1) is 25.5 Å². The molecule has 0 aliphatic rings. The second-order valence-corrected chi connectivity index (χ2v) is 6.37. The summed E-state index contributed by atoms with van der Waals surface area (Å²) in [5, 5.41) is 2.80. The largest absolute Gasteiger partial charge is 0.422 e. The van der Waals surface area contributed by atoms with E-state index in [0.717, 1.165) is 28.1 Å². The van der Waals surface area contributed by atoms with E-state index in [2.05, 4.69) is 0 Å². The van der Waals surface area contributed by atoms with Gasteiger partial charge in [-0.2, -0.15) is 0 Å². The lowest BCUT2D eigenvalue weighted by Crippen LogP contribution is -2.83. The van der Waals surface area contributed by atoms with Crippen molar-refractivity contribution in [1.29, 1.82) is 0 Å². The van der Waals surface area contributed by atoms with Crippen LogP contribution in [0.2, 0.25) is 0 Å². The summed E-state index contributed by atoms with van der Waals surface area (Å²) in [5.74, 6) is -1.15.